The van der Waals surface area contributed by atoms with Crippen LogP contribution in [-0.4, -0.2) is 10.1 Å². The normalized spacial score (nSPS) is 12.5. The Bertz CT molecular complexity index is 575. The van der Waals surface area contributed by atoms with Crippen molar-refractivity contribution >= 4 is 0 Å². The van der Waals surface area contributed by atoms with E-state index in [1.54, 1.807) is 0 Å². The molecule has 0 aliphatic heterocycles. The van der Waals surface area contributed by atoms with Crippen molar-refractivity contribution in [3.05, 3.63) is 64.0 Å². The van der Waals surface area contributed by atoms with E-state index in [4.69, 9.17) is 0 Å². The number of aliphatic hydroxyl groups excluding tert-OH is 1. The molecule has 0 aliphatic carbocycles. The van der Waals surface area contributed by atoms with Crippen molar-refractivity contribution in [2.75, 3.05) is 0 Å². The third-order valence-corrected chi connectivity index (χ3v) is 3.37. The van der Waals surface area contributed by atoms with E-state index in [2.05, 4.69) is 31.0 Å². The highest BCUT2D eigenvalue weighted by atomic mass is 16.3. The molecule has 94 valence electrons. The second-order valence-corrected chi connectivity index (χ2v) is 4.90. The fourth-order valence-electron chi connectivity index (χ4n) is 2.15. The third kappa shape index (κ3) is 2.44. The van der Waals surface area contributed by atoms with Gasteiger partial charge in [0.05, 0.1) is 5.69 Å². The summed E-state index contributed by atoms with van der Waals surface area (Å²) in [5.41, 5.74) is 6.13. The molecule has 0 amide bonds. The van der Waals surface area contributed by atoms with E-state index >= 15 is 0 Å². The second kappa shape index (κ2) is 4.91. The molecule has 1 N–H and O–H groups in total. The van der Waals surface area contributed by atoms with Crippen molar-refractivity contribution in [1.29, 1.82) is 0 Å². The number of pyridine rings is 1. The zero-order chi connectivity index (χ0) is 13.3. The van der Waals surface area contributed by atoms with Gasteiger partial charge in [0, 0.05) is 5.69 Å². The minimum Gasteiger partial charge on any atom is -0.382 e. The Morgan fingerprint density at radius 2 is 1.61 bits per heavy atom. The molecule has 0 bridgehead atoms. The molecule has 1 aromatic carbocycles. The van der Waals surface area contributed by atoms with Gasteiger partial charge in [-0.15, -0.1) is 0 Å². The average Bonchev–Trinajstić information content (AvgIpc) is 2.33. The smallest absolute Gasteiger partial charge is 0.121 e. The highest BCUT2D eigenvalue weighted by molar-refractivity contribution is 5.40. The molecule has 1 heterocycles. The van der Waals surface area contributed by atoms with Gasteiger partial charge in [0.25, 0.3) is 0 Å². The number of rotatable bonds is 2. The second-order valence-electron chi connectivity index (χ2n) is 4.90. The molecule has 2 aromatic rings. The number of nitrogens with zero attached hydrogens (tertiary/aromatic N) is 1. The van der Waals surface area contributed by atoms with Crippen molar-refractivity contribution in [1.82, 2.24) is 4.98 Å². The van der Waals surface area contributed by atoms with Crippen LogP contribution in [0.3, 0.4) is 0 Å². The Morgan fingerprint density at radius 3 is 2.28 bits per heavy atom. The summed E-state index contributed by atoms with van der Waals surface area (Å²) in [6.07, 6.45) is -0.649. The van der Waals surface area contributed by atoms with Gasteiger partial charge in [-0.2, -0.15) is 0 Å². The first-order valence-corrected chi connectivity index (χ1v) is 6.18. The lowest BCUT2D eigenvalue weighted by atomic mass is 9.95. The number of aromatic nitrogens is 1. The zero-order valence-corrected chi connectivity index (χ0v) is 11.4. The minimum absolute atomic E-state index is 0.649. The SMILES string of the molecule is Cc1cccc(C(O)c2cc(C)c(C)cc2C)n1. The first kappa shape index (κ1) is 12.8. The van der Waals surface area contributed by atoms with E-state index < -0.39 is 6.10 Å². The predicted octanol–water partition coefficient (Wildman–Crippen LogP) is 3.40. The van der Waals surface area contributed by atoms with Crippen LogP contribution < -0.4 is 0 Å². The van der Waals surface area contributed by atoms with E-state index in [1.165, 1.54) is 11.1 Å². The van der Waals surface area contributed by atoms with Crippen LogP contribution in [0.2, 0.25) is 0 Å². The molecule has 0 saturated carbocycles. The van der Waals surface area contributed by atoms with Crippen molar-refractivity contribution in [3.63, 3.8) is 0 Å². The van der Waals surface area contributed by atoms with Crippen molar-refractivity contribution in [2.45, 2.75) is 33.8 Å². The van der Waals surface area contributed by atoms with E-state index in [9.17, 15) is 5.11 Å². The first-order chi connectivity index (χ1) is 8.49. The van der Waals surface area contributed by atoms with Gasteiger partial charge in [-0.05, 0) is 62.1 Å². The molecule has 2 nitrogen and oxygen atoms in total. The maximum Gasteiger partial charge on any atom is 0.121 e. The molecule has 1 atom stereocenters. The molecule has 0 spiro atoms. The summed E-state index contributed by atoms with van der Waals surface area (Å²) in [5.74, 6) is 0. The third-order valence-electron chi connectivity index (χ3n) is 3.37. The summed E-state index contributed by atoms with van der Waals surface area (Å²) in [7, 11) is 0. The largest absolute Gasteiger partial charge is 0.382 e. The summed E-state index contributed by atoms with van der Waals surface area (Å²) in [6.45, 7) is 8.11. The van der Waals surface area contributed by atoms with Crippen LogP contribution in [0.5, 0.6) is 0 Å². The molecule has 2 rings (SSSR count). The Morgan fingerprint density at radius 1 is 0.944 bits per heavy atom. The van der Waals surface area contributed by atoms with Crippen molar-refractivity contribution < 1.29 is 5.11 Å². The van der Waals surface area contributed by atoms with Gasteiger partial charge in [-0.25, -0.2) is 0 Å². The molecule has 0 radical (unpaired) electrons. The topological polar surface area (TPSA) is 33.1 Å². The van der Waals surface area contributed by atoms with E-state index in [0.29, 0.717) is 5.69 Å². The number of aliphatic hydroxyl groups is 1. The Labute approximate surface area is 108 Å². The van der Waals surface area contributed by atoms with Gasteiger partial charge < -0.3 is 5.11 Å². The number of benzene rings is 1. The maximum absolute atomic E-state index is 10.4. The Hall–Kier alpha value is -1.67. The highest BCUT2D eigenvalue weighted by Crippen LogP contribution is 2.26. The molecule has 18 heavy (non-hydrogen) atoms. The van der Waals surface area contributed by atoms with Crippen LogP contribution in [0.4, 0.5) is 0 Å². The van der Waals surface area contributed by atoms with Gasteiger partial charge in [-0.3, -0.25) is 4.98 Å². The molecular weight excluding hydrogens is 222 g/mol. The van der Waals surface area contributed by atoms with Crippen molar-refractivity contribution in [2.24, 2.45) is 0 Å². The fourth-order valence-corrected chi connectivity index (χ4v) is 2.15. The Kier molecular flexibility index (Phi) is 3.48. The van der Waals surface area contributed by atoms with E-state index in [0.717, 1.165) is 16.8 Å². The van der Waals surface area contributed by atoms with Gasteiger partial charge in [0.1, 0.15) is 6.10 Å². The summed E-state index contributed by atoms with van der Waals surface area (Å²) in [4.78, 5) is 4.39. The lowest BCUT2D eigenvalue weighted by Crippen LogP contribution is -2.06. The molecule has 2 heteroatoms. The zero-order valence-electron chi connectivity index (χ0n) is 11.4. The van der Waals surface area contributed by atoms with Crippen LogP contribution in [0.1, 0.15) is 39.7 Å². The van der Waals surface area contributed by atoms with Gasteiger partial charge in [-0.1, -0.05) is 18.2 Å². The van der Waals surface area contributed by atoms with Crippen LogP contribution in [0.25, 0.3) is 0 Å². The van der Waals surface area contributed by atoms with Crippen LogP contribution in [0.15, 0.2) is 30.3 Å². The monoisotopic (exact) mass is 241 g/mol. The van der Waals surface area contributed by atoms with Gasteiger partial charge >= 0.3 is 0 Å². The minimum atomic E-state index is -0.649. The van der Waals surface area contributed by atoms with Gasteiger partial charge in [0.15, 0.2) is 0 Å². The summed E-state index contributed by atoms with van der Waals surface area (Å²) < 4.78 is 0. The van der Waals surface area contributed by atoms with Crippen LogP contribution in [0, 0.1) is 27.7 Å². The molecule has 1 unspecified atom stereocenters. The maximum atomic E-state index is 10.4. The van der Waals surface area contributed by atoms with Crippen LogP contribution >= 0.6 is 0 Å². The molecule has 1 aromatic heterocycles. The summed E-state index contributed by atoms with van der Waals surface area (Å²) in [5, 5.41) is 10.4. The summed E-state index contributed by atoms with van der Waals surface area (Å²) >= 11 is 0. The van der Waals surface area contributed by atoms with E-state index in [1.807, 2.05) is 32.0 Å². The Balaban J connectivity index is 2.46. The average molecular weight is 241 g/mol. The molecule has 0 aliphatic rings. The number of aryl methyl sites for hydroxylation is 4. The quantitative estimate of drug-likeness (QED) is 0.874. The predicted molar refractivity (Wildman–Crippen MR) is 73.7 cm³/mol. The number of hydrogen-bond acceptors (Lipinski definition) is 2. The highest BCUT2D eigenvalue weighted by Gasteiger charge is 2.15. The lowest BCUT2D eigenvalue weighted by molar-refractivity contribution is 0.214. The molecular formula is C16H19NO. The summed E-state index contributed by atoms with van der Waals surface area (Å²) in [6, 6.07) is 9.90. The first-order valence-electron chi connectivity index (χ1n) is 6.18. The fraction of sp³-hybridized carbons (Fsp3) is 0.312. The van der Waals surface area contributed by atoms with E-state index in [-0.39, 0.29) is 0 Å². The van der Waals surface area contributed by atoms with Crippen LogP contribution in [-0.2, 0) is 0 Å². The van der Waals surface area contributed by atoms with Gasteiger partial charge in [0.2, 0.25) is 0 Å². The number of hydrogen-bond donors (Lipinski definition) is 1. The van der Waals surface area contributed by atoms with Crippen molar-refractivity contribution in [3.8, 4) is 0 Å². The molecule has 0 fully saturated rings. The standard InChI is InChI=1S/C16H19NO/c1-10-8-12(3)14(9-11(10)2)16(18)15-7-5-6-13(4)17-15/h5-9,16,18H,1-4H3. The molecule has 0 saturated heterocycles. The lowest BCUT2D eigenvalue weighted by Gasteiger charge is -2.16.